The van der Waals surface area contributed by atoms with Crippen molar-refractivity contribution in [2.45, 2.75) is 19.3 Å². The molecule has 0 unspecified atom stereocenters. The van der Waals surface area contributed by atoms with Crippen LogP contribution in [0, 0.1) is 5.92 Å². The van der Waals surface area contributed by atoms with Crippen molar-refractivity contribution >= 4 is 28.6 Å². The molecule has 0 radical (unpaired) electrons. The molecule has 1 atom stereocenters. The Labute approximate surface area is 138 Å². The number of aryl methyl sites for hydroxylation is 1. The fourth-order valence-corrected chi connectivity index (χ4v) is 2.76. The van der Waals surface area contributed by atoms with Gasteiger partial charge < -0.3 is 15.1 Å². The highest BCUT2D eigenvalue weighted by molar-refractivity contribution is 6.39. The summed E-state index contributed by atoms with van der Waals surface area (Å²) in [5, 5.41) is 5.17. The Balaban J connectivity index is 1.60. The Kier molecular flexibility index (Phi) is 4.50. The smallest absolute Gasteiger partial charge is 0.408 e. The van der Waals surface area contributed by atoms with Crippen molar-refractivity contribution in [1.82, 2.24) is 9.88 Å². The summed E-state index contributed by atoms with van der Waals surface area (Å²) >= 11 is 0. The number of rotatable bonds is 3. The molecule has 1 aliphatic rings. The molecule has 2 aromatic rings. The maximum Gasteiger partial charge on any atom is 0.419 e. The van der Waals surface area contributed by atoms with Crippen LogP contribution in [0.3, 0.4) is 0 Å². The first-order valence-electron chi connectivity index (χ1n) is 7.88. The van der Waals surface area contributed by atoms with E-state index >= 15 is 0 Å². The van der Waals surface area contributed by atoms with Crippen molar-refractivity contribution in [3.8, 4) is 0 Å². The van der Waals surface area contributed by atoms with Gasteiger partial charge in [0, 0.05) is 25.3 Å². The lowest BCUT2D eigenvalue weighted by Crippen LogP contribution is -2.38. The second kappa shape index (κ2) is 6.74. The number of oxazole rings is 1. The van der Waals surface area contributed by atoms with E-state index in [9.17, 15) is 14.4 Å². The zero-order valence-corrected chi connectivity index (χ0v) is 13.4. The Bertz CT molecular complexity index is 862. The van der Waals surface area contributed by atoms with Gasteiger partial charge in [0.25, 0.3) is 0 Å². The van der Waals surface area contributed by atoms with E-state index in [1.165, 1.54) is 10.6 Å². The molecule has 1 aromatic heterocycles. The van der Waals surface area contributed by atoms with Gasteiger partial charge in [-0.05, 0) is 37.3 Å². The molecule has 2 amide bonds. The Morgan fingerprint density at radius 1 is 1.29 bits per heavy atom. The molecule has 1 aliphatic carbocycles. The van der Waals surface area contributed by atoms with Crippen LogP contribution in [0.1, 0.15) is 19.3 Å². The van der Waals surface area contributed by atoms with Crippen molar-refractivity contribution in [2.75, 3.05) is 11.9 Å². The number of benzene rings is 1. The quantitative estimate of drug-likeness (QED) is 0.660. The third-order valence-electron chi connectivity index (χ3n) is 4.19. The molecule has 0 spiro atoms. The third kappa shape index (κ3) is 3.40. The minimum atomic E-state index is -0.737. The van der Waals surface area contributed by atoms with E-state index in [0.717, 1.165) is 19.3 Å². The standard InChI is InChI=1S/C17H19N3O4/c1-20-13-8-7-12(9-14(13)24-17(20)23)19-16(22)15(21)18-10-11-5-3-2-4-6-11/h2-3,7-9,11H,4-6,10H2,1H3,(H,18,21)(H,19,22)/t11-/m1/s1. The first-order chi connectivity index (χ1) is 11.5. The monoisotopic (exact) mass is 329 g/mol. The minimum Gasteiger partial charge on any atom is -0.408 e. The second-order valence-corrected chi connectivity index (χ2v) is 5.92. The van der Waals surface area contributed by atoms with Gasteiger partial charge >= 0.3 is 17.6 Å². The summed E-state index contributed by atoms with van der Waals surface area (Å²) in [6.07, 6.45) is 7.18. The molecule has 2 N–H and O–H groups in total. The van der Waals surface area contributed by atoms with E-state index < -0.39 is 17.6 Å². The van der Waals surface area contributed by atoms with Crippen LogP contribution in [0.15, 0.2) is 39.6 Å². The summed E-state index contributed by atoms with van der Waals surface area (Å²) in [5.74, 6) is -1.51. The van der Waals surface area contributed by atoms with E-state index in [2.05, 4.69) is 22.8 Å². The first-order valence-corrected chi connectivity index (χ1v) is 7.88. The van der Waals surface area contributed by atoms with Gasteiger partial charge in [-0.3, -0.25) is 14.2 Å². The second-order valence-electron chi connectivity index (χ2n) is 5.92. The maximum absolute atomic E-state index is 12.0. The van der Waals surface area contributed by atoms with Crippen LogP contribution in [0.25, 0.3) is 11.1 Å². The van der Waals surface area contributed by atoms with Gasteiger partial charge in [-0.25, -0.2) is 4.79 Å². The molecule has 1 heterocycles. The van der Waals surface area contributed by atoms with Crippen LogP contribution >= 0.6 is 0 Å². The molecule has 0 bridgehead atoms. The summed E-state index contributed by atoms with van der Waals surface area (Å²) < 4.78 is 6.42. The number of amides is 2. The van der Waals surface area contributed by atoms with Crippen LogP contribution in [0.4, 0.5) is 5.69 Å². The highest BCUT2D eigenvalue weighted by Gasteiger charge is 2.17. The molecule has 1 aromatic carbocycles. The number of nitrogens with one attached hydrogen (secondary N) is 2. The van der Waals surface area contributed by atoms with Gasteiger partial charge in [-0.15, -0.1) is 0 Å². The number of fused-ring (bicyclic) bond motifs is 1. The average molecular weight is 329 g/mol. The molecule has 3 rings (SSSR count). The van der Waals surface area contributed by atoms with E-state index in [1.54, 1.807) is 19.2 Å². The molecular weight excluding hydrogens is 310 g/mol. The molecule has 0 saturated heterocycles. The number of anilines is 1. The molecule has 0 aliphatic heterocycles. The number of nitrogens with zero attached hydrogens (tertiary/aromatic N) is 1. The lowest BCUT2D eigenvalue weighted by atomic mass is 9.94. The number of carbonyl (C=O) groups is 2. The Morgan fingerprint density at radius 2 is 2.12 bits per heavy atom. The van der Waals surface area contributed by atoms with Gasteiger partial charge in [-0.2, -0.15) is 0 Å². The van der Waals surface area contributed by atoms with Crippen molar-refractivity contribution in [3.63, 3.8) is 0 Å². The van der Waals surface area contributed by atoms with Gasteiger partial charge in [0.1, 0.15) is 0 Å². The molecule has 7 heteroatoms. The highest BCUT2D eigenvalue weighted by Crippen LogP contribution is 2.18. The van der Waals surface area contributed by atoms with Gasteiger partial charge in [0.05, 0.1) is 5.52 Å². The summed E-state index contributed by atoms with van der Waals surface area (Å²) in [7, 11) is 1.60. The molecule has 126 valence electrons. The number of allylic oxidation sites excluding steroid dienone is 2. The van der Waals surface area contributed by atoms with Crippen LogP contribution in [0.5, 0.6) is 0 Å². The SMILES string of the molecule is Cn1c(=O)oc2cc(NC(=O)C(=O)NC[C@@H]3CC=CCC3)ccc21. The summed E-state index contributed by atoms with van der Waals surface area (Å²) in [4.78, 5) is 35.3. The Morgan fingerprint density at radius 3 is 2.88 bits per heavy atom. The molecular formula is C17H19N3O4. The zero-order chi connectivity index (χ0) is 17.1. The number of hydrogen-bond donors (Lipinski definition) is 2. The summed E-state index contributed by atoms with van der Waals surface area (Å²) in [6.45, 7) is 0.489. The lowest BCUT2D eigenvalue weighted by molar-refractivity contribution is -0.136. The van der Waals surface area contributed by atoms with Crippen molar-refractivity contribution in [2.24, 2.45) is 13.0 Å². The molecule has 24 heavy (non-hydrogen) atoms. The predicted octanol–water partition coefficient (Wildman–Crippen LogP) is 1.54. The van der Waals surface area contributed by atoms with Crippen LogP contribution < -0.4 is 16.4 Å². The van der Waals surface area contributed by atoms with Crippen molar-refractivity contribution in [1.29, 1.82) is 0 Å². The number of aromatic nitrogens is 1. The number of hydrogen-bond acceptors (Lipinski definition) is 4. The highest BCUT2D eigenvalue weighted by atomic mass is 16.4. The minimum absolute atomic E-state index is 0.356. The molecule has 0 fully saturated rings. The zero-order valence-electron chi connectivity index (χ0n) is 13.4. The first kappa shape index (κ1) is 16.0. The van der Waals surface area contributed by atoms with Gasteiger partial charge in [0.2, 0.25) is 0 Å². The molecule has 0 saturated carbocycles. The van der Waals surface area contributed by atoms with Gasteiger partial charge in [-0.1, -0.05) is 12.2 Å². The maximum atomic E-state index is 12.0. The number of carbonyl (C=O) groups excluding carboxylic acids is 2. The fraction of sp³-hybridized carbons (Fsp3) is 0.353. The van der Waals surface area contributed by atoms with E-state index in [4.69, 9.17) is 4.42 Å². The normalized spacial score (nSPS) is 17.0. The lowest BCUT2D eigenvalue weighted by Gasteiger charge is -2.17. The summed E-state index contributed by atoms with van der Waals surface area (Å²) in [5.41, 5.74) is 1.38. The Hall–Kier alpha value is -2.83. The van der Waals surface area contributed by atoms with E-state index in [-0.39, 0.29) is 0 Å². The van der Waals surface area contributed by atoms with E-state index in [1.807, 2.05) is 0 Å². The van der Waals surface area contributed by atoms with E-state index in [0.29, 0.717) is 29.2 Å². The van der Waals surface area contributed by atoms with Crippen molar-refractivity contribution < 1.29 is 14.0 Å². The average Bonchev–Trinajstić information content (AvgIpc) is 2.87. The fourth-order valence-electron chi connectivity index (χ4n) is 2.76. The van der Waals surface area contributed by atoms with Crippen LogP contribution in [-0.2, 0) is 16.6 Å². The van der Waals surface area contributed by atoms with Crippen molar-refractivity contribution in [3.05, 3.63) is 40.9 Å². The topological polar surface area (TPSA) is 93.3 Å². The predicted molar refractivity (Wildman–Crippen MR) is 89.6 cm³/mol. The van der Waals surface area contributed by atoms with Crippen LogP contribution in [-0.4, -0.2) is 22.9 Å². The largest absolute Gasteiger partial charge is 0.419 e. The third-order valence-corrected chi connectivity index (χ3v) is 4.19. The summed E-state index contributed by atoms with van der Waals surface area (Å²) in [6, 6.07) is 4.80. The van der Waals surface area contributed by atoms with Gasteiger partial charge in [0.15, 0.2) is 5.58 Å². The van der Waals surface area contributed by atoms with Crippen LogP contribution in [0.2, 0.25) is 0 Å². The molecule has 7 nitrogen and oxygen atoms in total.